The molecular formula is C11H11N7O. The van der Waals surface area contributed by atoms with E-state index in [9.17, 15) is 0 Å². The molecule has 96 valence electrons. The fraction of sp³-hybridized carbons (Fsp3) is 0.0909. The smallest absolute Gasteiger partial charge is 0.322 e. The summed E-state index contributed by atoms with van der Waals surface area (Å²) in [6.07, 6.45) is 0. The van der Waals surface area contributed by atoms with Crippen molar-refractivity contribution in [1.29, 1.82) is 5.26 Å². The minimum Gasteiger partial charge on any atom is -0.467 e. The van der Waals surface area contributed by atoms with Crippen LogP contribution >= 0.6 is 0 Å². The molecule has 0 amide bonds. The molecule has 2 aromatic rings. The highest BCUT2D eigenvalue weighted by Gasteiger charge is 2.06. The van der Waals surface area contributed by atoms with E-state index < -0.39 is 0 Å². The standard InChI is InChI=1S/C11H11N7O/c1-19-11-16-9(15-10(17-11)18-13)14-8-4-2-3-7(5-8)6-12/h2-5H,13H2,1H3,(H2,14,15,16,17,18). The van der Waals surface area contributed by atoms with Crippen LogP contribution in [0, 0.1) is 11.3 Å². The number of methoxy groups -OCH3 is 1. The van der Waals surface area contributed by atoms with Crippen LogP contribution in [-0.4, -0.2) is 22.1 Å². The first-order chi connectivity index (χ1) is 9.25. The van der Waals surface area contributed by atoms with Crippen LogP contribution in [0.15, 0.2) is 24.3 Å². The molecule has 0 bridgehead atoms. The van der Waals surface area contributed by atoms with Gasteiger partial charge in [0.25, 0.3) is 0 Å². The zero-order valence-corrected chi connectivity index (χ0v) is 10.1. The van der Waals surface area contributed by atoms with Gasteiger partial charge in [-0.1, -0.05) is 6.07 Å². The minimum atomic E-state index is 0.127. The molecular weight excluding hydrogens is 246 g/mol. The van der Waals surface area contributed by atoms with Crippen molar-refractivity contribution in [2.24, 2.45) is 5.84 Å². The monoisotopic (exact) mass is 257 g/mol. The van der Waals surface area contributed by atoms with Crippen LogP contribution in [0.25, 0.3) is 0 Å². The molecule has 1 aromatic carbocycles. The molecule has 0 saturated carbocycles. The third-order valence-electron chi connectivity index (χ3n) is 2.17. The number of nitrogen functional groups attached to an aromatic ring is 1. The number of hydrogen-bond acceptors (Lipinski definition) is 8. The van der Waals surface area contributed by atoms with Gasteiger partial charge < -0.3 is 10.1 Å². The number of hydrogen-bond donors (Lipinski definition) is 3. The van der Waals surface area contributed by atoms with Crippen molar-refractivity contribution >= 4 is 17.6 Å². The summed E-state index contributed by atoms with van der Waals surface area (Å²) in [6.45, 7) is 0. The van der Waals surface area contributed by atoms with E-state index in [0.717, 1.165) is 0 Å². The van der Waals surface area contributed by atoms with Crippen LogP contribution in [0.4, 0.5) is 17.6 Å². The van der Waals surface area contributed by atoms with Crippen molar-refractivity contribution in [3.63, 3.8) is 0 Å². The summed E-state index contributed by atoms with van der Waals surface area (Å²) in [7, 11) is 1.44. The Kier molecular flexibility index (Phi) is 3.70. The lowest BCUT2D eigenvalue weighted by Crippen LogP contribution is -2.13. The molecule has 1 aromatic heterocycles. The molecule has 0 unspecified atom stereocenters. The van der Waals surface area contributed by atoms with Gasteiger partial charge in [-0.15, -0.1) is 0 Å². The molecule has 8 nitrogen and oxygen atoms in total. The Labute approximate surface area is 109 Å². The normalized spacial score (nSPS) is 9.53. The molecule has 2 rings (SSSR count). The summed E-state index contributed by atoms with van der Waals surface area (Å²) in [5.41, 5.74) is 3.52. The van der Waals surface area contributed by atoms with E-state index in [4.69, 9.17) is 15.8 Å². The lowest BCUT2D eigenvalue weighted by molar-refractivity contribution is 0.379. The van der Waals surface area contributed by atoms with Gasteiger partial charge in [0, 0.05) is 5.69 Å². The Bertz CT molecular complexity index is 600. The molecule has 0 fully saturated rings. The van der Waals surface area contributed by atoms with E-state index in [0.29, 0.717) is 11.3 Å². The maximum atomic E-state index is 8.83. The largest absolute Gasteiger partial charge is 0.467 e. The van der Waals surface area contributed by atoms with E-state index in [-0.39, 0.29) is 17.9 Å². The number of rotatable bonds is 4. The number of anilines is 3. The van der Waals surface area contributed by atoms with Crippen molar-refractivity contribution in [1.82, 2.24) is 15.0 Å². The Hall–Kier alpha value is -2.92. The van der Waals surface area contributed by atoms with Gasteiger partial charge in [-0.3, -0.25) is 5.43 Å². The van der Waals surface area contributed by atoms with E-state index in [1.54, 1.807) is 24.3 Å². The minimum absolute atomic E-state index is 0.127. The molecule has 4 N–H and O–H groups in total. The predicted molar refractivity (Wildman–Crippen MR) is 68.6 cm³/mol. The third kappa shape index (κ3) is 3.05. The van der Waals surface area contributed by atoms with Gasteiger partial charge in [0.2, 0.25) is 11.9 Å². The van der Waals surface area contributed by atoms with E-state index >= 15 is 0 Å². The quantitative estimate of drug-likeness (QED) is 0.542. The van der Waals surface area contributed by atoms with Crippen molar-refractivity contribution in [2.45, 2.75) is 0 Å². The Balaban J connectivity index is 2.29. The second-order valence-corrected chi connectivity index (χ2v) is 3.43. The first kappa shape index (κ1) is 12.5. The molecule has 0 aliphatic rings. The fourth-order valence-electron chi connectivity index (χ4n) is 1.36. The number of nitriles is 1. The van der Waals surface area contributed by atoms with Crippen LogP contribution in [0.3, 0.4) is 0 Å². The van der Waals surface area contributed by atoms with Crippen LogP contribution in [0.1, 0.15) is 5.56 Å². The van der Waals surface area contributed by atoms with Crippen LogP contribution < -0.4 is 21.3 Å². The Morgan fingerprint density at radius 1 is 1.26 bits per heavy atom. The molecule has 0 radical (unpaired) electrons. The highest BCUT2D eigenvalue weighted by atomic mass is 16.5. The average molecular weight is 257 g/mol. The molecule has 0 aliphatic carbocycles. The zero-order chi connectivity index (χ0) is 13.7. The summed E-state index contributed by atoms with van der Waals surface area (Å²) in [4.78, 5) is 11.9. The van der Waals surface area contributed by atoms with E-state index in [1.807, 2.05) is 6.07 Å². The number of aromatic nitrogens is 3. The maximum Gasteiger partial charge on any atom is 0.322 e. The number of hydrazine groups is 1. The van der Waals surface area contributed by atoms with Gasteiger partial charge in [0.15, 0.2) is 0 Å². The number of nitrogens with zero attached hydrogens (tertiary/aromatic N) is 4. The fourth-order valence-corrected chi connectivity index (χ4v) is 1.36. The summed E-state index contributed by atoms with van der Waals surface area (Å²) in [6, 6.07) is 9.08. The van der Waals surface area contributed by atoms with Crippen molar-refractivity contribution in [3.05, 3.63) is 29.8 Å². The van der Waals surface area contributed by atoms with Gasteiger partial charge >= 0.3 is 6.01 Å². The van der Waals surface area contributed by atoms with Gasteiger partial charge in [-0.2, -0.15) is 20.2 Å². The van der Waals surface area contributed by atoms with Crippen molar-refractivity contribution < 1.29 is 4.74 Å². The summed E-state index contributed by atoms with van der Waals surface area (Å²) < 4.78 is 4.93. The predicted octanol–water partition coefficient (Wildman–Crippen LogP) is 0.781. The van der Waals surface area contributed by atoms with Crippen LogP contribution in [0.2, 0.25) is 0 Å². The second kappa shape index (κ2) is 5.61. The number of ether oxygens (including phenoxy) is 1. The molecule has 0 aliphatic heterocycles. The van der Waals surface area contributed by atoms with Crippen molar-refractivity contribution in [2.75, 3.05) is 17.9 Å². The first-order valence-corrected chi connectivity index (χ1v) is 5.29. The molecule has 1 heterocycles. The van der Waals surface area contributed by atoms with Gasteiger partial charge in [-0.05, 0) is 18.2 Å². The maximum absolute atomic E-state index is 8.83. The van der Waals surface area contributed by atoms with Gasteiger partial charge in [0.1, 0.15) is 0 Å². The highest BCUT2D eigenvalue weighted by Crippen LogP contribution is 2.17. The lowest BCUT2D eigenvalue weighted by atomic mass is 10.2. The van der Waals surface area contributed by atoms with Crippen LogP contribution in [-0.2, 0) is 0 Å². The molecule has 8 heteroatoms. The third-order valence-corrected chi connectivity index (χ3v) is 2.17. The van der Waals surface area contributed by atoms with Crippen LogP contribution in [0.5, 0.6) is 6.01 Å². The average Bonchev–Trinajstić information content (AvgIpc) is 2.47. The summed E-state index contributed by atoms with van der Waals surface area (Å²) in [5.74, 6) is 5.68. The second-order valence-electron chi connectivity index (χ2n) is 3.43. The Morgan fingerprint density at radius 3 is 2.74 bits per heavy atom. The lowest BCUT2D eigenvalue weighted by Gasteiger charge is -2.07. The van der Waals surface area contributed by atoms with E-state index in [1.165, 1.54) is 7.11 Å². The Morgan fingerprint density at radius 2 is 2.05 bits per heavy atom. The number of nitrogens with two attached hydrogens (primary N) is 1. The number of benzene rings is 1. The topological polar surface area (TPSA) is 122 Å². The van der Waals surface area contributed by atoms with Gasteiger partial charge in [-0.25, -0.2) is 5.84 Å². The molecule has 19 heavy (non-hydrogen) atoms. The molecule has 0 atom stereocenters. The van der Waals surface area contributed by atoms with E-state index in [2.05, 4.69) is 25.7 Å². The SMILES string of the molecule is COc1nc(NN)nc(Nc2cccc(C#N)c2)n1. The summed E-state index contributed by atoms with van der Waals surface area (Å²) >= 11 is 0. The van der Waals surface area contributed by atoms with Gasteiger partial charge in [0.05, 0.1) is 18.7 Å². The summed E-state index contributed by atoms with van der Waals surface area (Å²) in [5, 5.41) is 11.8. The number of nitrogens with one attached hydrogen (secondary N) is 2. The molecule has 0 saturated heterocycles. The zero-order valence-electron chi connectivity index (χ0n) is 10.1. The van der Waals surface area contributed by atoms with Crippen molar-refractivity contribution in [3.8, 4) is 12.1 Å². The highest BCUT2D eigenvalue weighted by molar-refractivity contribution is 5.57. The molecule has 0 spiro atoms. The first-order valence-electron chi connectivity index (χ1n) is 5.29.